The fourth-order valence-electron chi connectivity index (χ4n) is 1.97. The van der Waals surface area contributed by atoms with Crippen LogP contribution in [0.2, 0.25) is 0 Å². The second-order valence-corrected chi connectivity index (χ2v) is 5.63. The van der Waals surface area contributed by atoms with Crippen molar-refractivity contribution in [1.29, 1.82) is 0 Å². The number of aromatic nitrogens is 3. The quantitative estimate of drug-likeness (QED) is 0.699. The van der Waals surface area contributed by atoms with Gasteiger partial charge in [-0.25, -0.2) is 9.97 Å². The molecule has 0 aliphatic carbocycles. The van der Waals surface area contributed by atoms with Crippen LogP contribution in [0.4, 0.5) is 11.5 Å². The number of nitrogens with one attached hydrogen (secondary N) is 1. The summed E-state index contributed by atoms with van der Waals surface area (Å²) in [4.78, 5) is 13.0. The molecular formula is C14H10BrN5S. The first-order chi connectivity index (χ1) is 10.1. The molecule has 0 atom stereocenters. The summed E-state index contributed by atoms with van der Waals surface area (Å²) < 4.78 is 0.926. The molecule has 0 aliphatic heterocycles. The number of nitrogens with two attached hydrogens (primary N) is 1. The molecule has 104 valence electrons. The van der Waals surface area contributed by atoms with Crippen LogP contribution in [0.15, 0.2) is 47.3 Å². The van der Waals surface area contributed by atoms with E-state index >= 15 is 0 Å². The number of nitrogens with zero attached hydrogens (tertiary/aromatic N) is 3. The van der Waals surface area contributed by atoms with Crippen LogP contribution in [0.1, 0.15) is 5.69 Å². The van der Waals surface area contributed by atoms with Gasteiger partial charge in [-0.3, -0.25) is 4.98 Å². The van der Waals surface area contributed by atoms with Crippen molar-refractivity contribution in [3.8, 4) is 0 Å². The van der Waals surface area contributed by atoms with Crippen LogP contribution >= 0.6 is 28.1 Å². The second kappa shape index (κ2) is 5.71. The van der Waals surface area contributed by atoms with Crippen LogP contribution in [-0.2, 0) is 0 Å². The highest BCUT2D eigenvalue weighted by Gasteiger charge is 2.10. The zero-order valence-electron chi connectivity index (χ0n) is 10.7. The number of fused-ring (bicyclic) bond motifs is 1. The molecule has 2 heterocycles. The number of pyridine rings is 1. The van der Waals surface area contributed by atoms with Crippen LogP contribution in [0, 0.1) is 0 Å². The molecule has 5 nitrogen and oxygen atoms in total. The van der Waals surface area contributed by atoms with Crippen molar-refractivity contribution >= 4 is 55.5 Å². The highest BCUT2D eigenvalue weighted by atomic mass is 79.9. The Morgan fingerprint density at radius 1 is 1.19 bits per heavy atom. The predicted octanol–water partition coefficient (Wildman–Crippen LogP) is 3.17. The van der Waals surface area contributed by atoms with Gasteiger partial charge < -0.3 is 11.1 Å². The number of rotatable bonds is 3. The van der Waals surface area contributed by atoms with Gasteiger partial charge in [-0.15, -0.1) is 0 Å². The van der Waals surface area contributed by atoms with Crippen LogP contribution in [0.5, 0.6) is 0 Å². The van der Waals surface area contributed by atoms with Crippen LogP contribution in [0.25, 0.3) is 10.9 Å². The van der Waals surface area contributed by atoms with Gasteiger partial charge in [0.05, 0.1) is 11.2 Å². The van der Waals surface area contributed by atoms with Crippen LogP contribution in [0.3, 0.4) is 0 Å². The van der Waals surface area contributed by atoms with Gasteiger partial charge in [0.2, 0.25) is 0 Å². The van der Waals surface area contributed by atoms with Gasteiger partial charge in [0, 0.05) is 28.4 Å². The van der Waals surface area contributed by atoms with Gasteiger partial charge in [-0.1, -0.05) is 24.4 Å². The third kappa shape index (κ3) is 2.84. The summed E-state index contributed by atoms with van der Waals surface area (Å²) in [7, 11) is 0. The Morgan fingerprint density at radius 2 is 2.00 bits per heavy atom. The topological polar surface area (TPSA) is 76.7 Å². The van der Waals surface area contributed by atoms with Crippen molar-refractivity contribution in [3.63, 3.8) is 0 Å². The fraction of sp³-hybridized carbons (Fsp3) is 0. The molecule has 1 aromatic carbocycles. The maximum absolute atomic E-state index is 5.67. The Kier molecular flexibility index (Phi) is 3.76. The minimum absolute atomic E-state index is 0.196. The molecule has 3 N–H and O–H groups in total. The van der Waals surface area contributed by atoms with E-state index in [1.807, 2.05) is 24.3 Å². The number of thiocarbonyl (C=S) groups is 1. The van der Waals surface area contributed by atoms with E-state index in [1.165, 1.54) is 0 Å². The maximum atomic E-state index is 5.67. The lowest BCUT2D eigenvalue weighted by molar-refractivity contribution is 1.18. The lowest BCUT2D eigenvalue weighted by atomic mass is 10.2. The zero-order valence-corrected chi connectivity index (χ0v) is 13.1. The lowest BCUT2D eigenvalue weighted by Crippen LogP contribution is -2.15. The number of para-hydroxylation sites is 1. The van der Waals surface area contributed by atoms with Crippen molar-refractivity contribution in [1.82, 2.24) is 15.0 Å². The van der Waals surface area contributed by atoms with Gasteiger partial charge in [-0.05, 0) is 28.1 Å². The first-order valence-electron chi connectivity index (χ1n) is 6.07. The molecule has 0 unspecified atom stereocenters. The fourth-order valence-corrected chi connectivity index (χ4v) is 2.47. The highest BCUT2D eigenvalue weighted by molar-refractivity contribution is 9.10. The van der Waals surface area contributed by atoms with E-state index in [1.54, 1.807) is 18.6 Å². The zero-order chi connectivity index (χ0) is 14.8. The molecule has 3 rings (SSSR count). The smallest absolute Gasteiger partial charge is 0.159 e. The summed E-state index contributed by atoms with van der Waals surface area (Å²) in [5.41, 5.74) is 7.78. The molecule has 21 heavy (non-hydrogen) atoms. The molecule has 7 heteroatoms. The number of anilines is 2. The molecule has 0 fully saturated rings. The molecule has 2 aromatic heterocycles. The first-order valence-corrected chi connectivity index (χ1v) is 7.27. The average molecular weight is 360 g/mol. The summed E-state index contributed by atoms with van der Waals surface area (Å²) in [5.74, 6) is 0.516. The molecular weight excluding hydrogens is 350 g/mol. The lowest BCUT2D eigenvalue weighted by Gasteiger charge is -2.11. The standard InChI is InChI=1S/C14H10BrN5S/c15-9-6-8-2-1-3-10(11(8)19-7-9)20-14-12(13(16)21)17-4-5-18-14/h1-7H,(H2,16,21)(H,18,20). The summed E-state index contributed by atoms with van der Waals surface area (Å²) >= 11 is 8.41. The third-order valence-corrected chi connectivity index (χ3v) is 3.49. The van der Waals surface area contributed by atoms with Crippen LogP contribution in [-0.4, -0.2) is 19.9 Å². The minimum atomic E-state index is 0.196. The number of hydrogen-bond donors (Lipinski definition) is 2. The number of hydrogen-bond acceptors (Lipinski definition) is 5. The average Bonchev–Trinajstić information content (AvgIpc) is 2.47. The Labute approximate surface area is 134 Å². The molecule has 0 spiro atoms. The van der Waals surface area contributed by atoms with Crippen molar-refractivity contribution in [3.05, 3.63) is 53.0 Å². The van der Waals surface area contributed by atoms with Gasteiger partial charge in [0.1, 0.15) is 10.7 Å². The molecule has 0 bridgehead atoms. The van der Waals surface area contributed by atoms with Crippen molar-refractivity contribution in [2.24, 2.45) is 5.73 Å². The molecule has 0 radical (unpaired) electrons. The summed E-state index contributed by atoms with van der Waals surface area (Å²) in [6.07, 6.45) is 4.88. The van der Waals surface area contributed by atoms with E-state index in [4.69, 9.17) is 18.0 Å². The molecule has 0 aliphatic rings. The molecule has 0 amide bonds. The van der Waals surface area contributed by atoms with Gasteiger partial charge in [0.25, 0.3) is 0 Å². The van der Waals surface area contributed by atoms with E-state index < -0.39 is 0 Å². The maximum Gasteiger partial charge on any atom is 0.159 e. The third-order valence-electron chi connectivity index (χ3n) is 2.86. The monoisotopic (exact) mass is 359 g/mol. The summed E-state index contributed by atoms with van der Waals surface area (Å²) in [6, 6.07) is 7.85. The molecule has 0 saturated carbocycles. The number of halogens is 1. The van der Waals surface area contributed by atoms with E-state index in [2.05, 4.69) is 36.2 Å². The highest BCUT2D eigenvalue weighted by Crippen LogP contribution is 2.26. The van der Waals surface area contributed by atoms with E-state index in [-0.39, 0.29) is 4.99 Å². The minimum Gasteiger partial charge on any atom is -0.388 e. The largest absolute Gasteiger partial charge is 0.388 e. The van der Waals surface area contributed by atoms with E-state index in [9.17, 15) is 0 Å². The van der Waals surface area contributed by atoms with Gasteiger partial charge in [-0.2, -0.15) is 0 Å². The molecule has 3 aromatic rings. The summed E-state index contributed by atoms with van der Waals surface area (Å²) in [5, 5.41) is 4.21. The van der Waals surface area contributed by atoms with Crippen molar-refractivity contribution < 1.29 is 0 Å². The van der Waals surface area contributed by atoms with Gasteiger partial charge >= 0.3 is 0 Å². The first kappa shape index (κ1) is 13.8. The van der Waals surface area contributed by atoms with E-state index in [0.717, 1.165) is 21.1 Å². The van der Waals surface area contributed by atoms with Crippen LogP contribution < -0.4 is 11.1 Å². The Hall–Kier alpha value is -2.12. The van der Waals surface area contributed by atoms with Crippen molar-refractivity contribution in [2.75, 3.05) is 5.32 Å². The van der Waals surface area contributed by atoms with E-state index in [0.29, 0.717) is 11.5 Å². The Bertz CT molecular complexity index is 836. The Balaban J connectivity index is 2.09. The number of benzene rings is 1. The van der Waals surface area contributed by atoms with Gasteiger partial charge in [0.15, 0.2) is 5.82 Å². The SMILES string of the molecule is NC(=S)c1nccnc1Nc1cccc2cc(Br)cnc12. The second-order valence-electron chi connectivity index (χ2n) is 4.27. The summed E-state index contributed by atoms with van der Waals surface area (Å²) in [6.45, 7) is 0. The Morgan fingerprint density at radius 3 is 2.81 bits per heavy atom. The molecule has 0 saturated heterocycles. The normalized spacial score (nSPS) is 10.5. The predicted molar refractivity (Wildman–Crippen MR) is 90.6 cm³/mol. The van der Waals surface area contributed by atoms with Crippen molar-refractivity contribution in [2.45, 2.75) is 0 Å².